The van der Waals surface area contributed by atoms with E-state index in [1.54, 1.807) is 0 Å². The van der Waals surface area contributed by atoms with Crippen LogP contribution in [0.4, 0.5) is 11.4 Å². The third-order valence-corrected chi connectivity index (χ3v) is 4.90. The number of anilines is 1. The largest absolute Gasteiger partial charge is 0.351 e. The predicted molar refractivity (Wildman–Crippen MR) is 100 cm³/mol. The van der Waals surface area contributed by atoms with Crippen LogP contribution in [-0.2, 0) is 0 Å². The Kier molecular flexibility index (Phi) is 3.81. The number of fused-ring (bicyclic) bond motifs is 3. The van der Waals surface area contributed by atoms with Crippen LogP contribution in [0.5, 0.6) is 0 Å². The van der Waals surface area contributed by atoms with E-state index < -0.39 is 0 Å². The zero-order valence-electron chi connectivity index (χ0n) is 14.2. The van der Waals surface area contributed by atoms with Crippen molar-refractivity contribution in [1.82, 2.24) is 10.2 Å². The van der Waals surface area contributed by atoms with E-state index in [9.17, 15) is 0 Å². The first-order valence-corrected chi connectivity index (χ1v) is 8.70. The van der Waals surface area contributed by atoms with Crippen molar-refractivity contribution >= 4 is 40.4 Å². The molecule has 1 fully saturated rings. The normalized spacial score (nSPS) is 23.2. The molecule has 7 heteroatoms. The van der Waals surface area contributed by atoms with Gasteiger partial charge >= 0.3 is 0 Å². The highest BCUT2D eigenvalue weighted by Crippen LogP contribution is 2.40. The number of rotatable bonds is 0. The summed E-state index contributed by atoms with van der Waals surface area (Å²) in [7, 11) is 0. The first kappa shape index (κ1) is 15.6. The fraction of sp³-hybridized carbons (Fsp3) is 0.471. The summed E-state index contributed by atoms with van der Waals surface area (Å²) in [5.74, 6) is 1.74. The zero-order valence-corrected chi connectivity index (χ0v) is 14.9. The van der Waals surface area contributed by atoms with E-state index in [1.165, 1.54) is 0 Å². The highest BCUT2D eigenvalue weighted by atomic mass is 35.5. The van der Waals surface area contributed by atoms with Gasteiger partial charge in [0.2, 0.25) is 0 Å². The quantitative estimate of drug-likeness (QED) is 0.787. The molecule has 1 N–H and O–H groups in total. The third-order valence-electron chi connectivity index (χ3n) is 4.69. The van der Waals surface area contributed by atoms with Gasteiger partial charge in [0.05, 0.1) is 23.1 Å². The Morgan fingerprint density at radius 2 is 1.92 bits per heavy atom. The molecule has 3 aliphatic rings. The van der Waals surface area contributed by atoms with E-state index >= 15 is 0 Å². The molecule has 3 heterocycles. The molecule has 0 aliphatic carbocycles. The average molecular weight is 345 g/mol. The van der Waals surface area contributed by atoms with E-state index in [0.717, 1.165) is 60.5 Å². The summed E-state index contributed by atoms with van der Waals surface area (Å²) in [5, 5.41) is 10.8. The molecule has 1 unspecified atom stereocenters. The Balaban J connectivity index is 1.89. The molecule has 0 radical (unpaired) electrons. The molecule has 4 rings (SSSR count). The lowest BCUT2D eigenvalue weighted by Gasteiger charge is -2.38. The number of hydrogen-bond acceptors (Lipinski definition) is 6. The number of nitrogens with one attached hydrogen (secondary N) is 1. The topological polar surface area (TPSA) is 55.6 Å². The summed E-state index contributed by atoms with van der Waals surface area (Å²) in [6.45, 7) is 9.87. The average Bonchev–Trinajstić information content (AvgIpc) is 2.56. The number of hydrogen-bond donors (Lipinski definition) is 1. The Morgan fingerprint density at radius 3 is 2.67 bits per heavy atom. The van der Waals surface area contributed by atoms with Crippen molar-refractivity contribution in [1.29, 1.82) is 0 Å². The lowest BCUT2D eigenvalue weighted by Crippen LogP contribution is -2.53. The van der Waals surface area contributed by atoms with Crippen molar-refractivity contribution in [3.8, 4) is 0 Å². The van der Waals surface area contributed by atoms with E-state index in [1.807, 2.05) is 31.0 Å². The fourth-order valence-electron chi connectivity index (χ4n) is 3.21. The summed E-state index contributed by atoms with van der Waals surface area (Å²) in [6, 6.07) is 3.93. The second kappa shape index (κ2) is 5.86. The van der Waals surface area contributed by atoms with Gasteiger partial charge in [0.15, 0.2) is 11.7 Å². The van der Waals surface area contributed by atoms with Crippen molar-refractivity contribution in [2.75, 3.05) is 31.2 Å². The number of aliphatic imine (C=N–C) groups is 2. The van der Waals surface area contributed by atoms with Crippen LogP contribution >= 0.6 is 11.6 Å². The summed E-state index contributed by atoms with van der Waals surface area (Å²) >= 11 is 6.28. The minimum absolute atomic E-state index is 0.0613. The van der Waals surface area contributed by atoms with Gasteiger partial charge in [-0.3, -0.25) is 4.99 Å². The second-order valence-electron chi connectivity index (χ2n) is 6.44. The lowest BCUT2D eigenvalue weighted by molar-refractivity contribution is 0.360. The first-order valence-electron chi connectivity index (χ1n) is 8.32. The molecule has 0 aromatic heterocycles. The van der Waals surface area contributed by atoms with Crippen LogP contribution < -0.4 is 10.3 Å². The molecule has 1 saturated heterocycles. The van der Waals surface area contributed by atoms with Gasteiger partial charge in [-0.1, -0.05) is 11.6 Å². The lowest BCUT2D eigenvalue weighted by atomic mass is 10.1. The van der Waals surface area contributed by atoms with Crippen molar-refractivity contribution in [3.05, 3.63) is 22.7 Å². The highest BCUT2D eigenvalue weighted by Gasteiger charge is 2.34. The van der Waals surface area contributed by atoms with Gasteiger partial charge in [-0.15, -0.1) is 0 Å². The molecule has 0 saturated carbocycles. The van der Waals surface area contributed by atoms with Crippen LogP contribution in [-0.4, -0.2) is 54.5 Å². The molecule has 0 spiro atoms. The van der Waals surface area contributed by atoms with Crippen LogP contribution in [0, 0.1) is 6.92 Å². The van der Waals surface area contributed by atoms with Crippen LogP contribution in [0.25, 0.3) is 0 Å². The SMILES string of the molecule is CC1=NN2C(=NC1C)C(N1CCNCC1)=Nc1c(C)cc(Cl)cc12. The molecule has 1 aromatic carbocycles. The molecule has 24 heavy (non-hydrogen) atoms. The third kappa shape index (κ3) is 2.50. The monoisotopic (exact) mass is 344 g/mol. The van der Waals surface area contributed by atoms with E-state index in [-0.39, 0.29) is 6.04 Å². The van der Waals surface area contributed by atoms with Gasteiger partial charge in [-0.2, -0.15) is 5.10 Å². The van der Waals surface area contributed by atoms with Gasteiger partial charge in [-0.25, -0.2) is 10.0 Å². The molecule has 0 amide bonds. The first-order chi connectivity index (χ1) is 11.5. The van der Waals surface area contributed by atoms with E-state index in [4.69, 9.17) is 26.7 Å². The van der Waals surface area contributed by atoms with Gasteiger partial charge in [-0.05, 0) is 38.5 Å². The molecule has 1 aromatic rings. The molecule has 6 nitrogen and oxygen atoms in total. The summed E-state index contributed by atoms with van der Waals surface area (Å²) in [5.41, 5.74) is 3.88. The number of piperazine rings is 1. The maximum absolute atomic E-state index is 6.28. The Labute approximate surface area is 146 Å². The number of hydrazone groups is 1. The van der Waals surface area contributed by atoms with Crippen molar-refractivity contribution < 1.29 is 0 Å². The molecular formula is C17H21ClN6. The Hall–Kier alpha value is -1.92. The van der Waals surface area contributed by atoms with E-state index in [2.05, 4.69) is 17.1 Å². The Bertz CT molecular complexity index is 776. The molecular weight excluding hydrogens is 324 g/mol. The Morgan fingerprint density at radius 1 is 1.17 bits per heavy atom. The van der Waals surface area contributed by atoms with Crippen molar-refractivity contribution in [3.63, 3.8) is 0 Å². The minimum atomic E-state index is 0.0613. The van der Waals surface area contributed by atoms with Crippen LogP contribution in [0.2, 0.25) is 5.02 Å². The van der Waals surface area contributed by atoms with E-state index in [0.29, 0.717) is 5.02 Å². The van der Waals surface area contributed by atoms with Crippen molar-refractivity contribution in [2.24, 2.45) is 15.1 Å². The summed E-state index contributed by atoms with van der Waals surface area (Å²) in [6.07, 6.45) is 0. The van der Waals surface area contributed by atoms with Crippen LogP contribution in [0.3, 0.4) is 0 Å². The summed E-state index contributed by atoms with van der Waals surface area (Å²) < 4.78 is 0. The van der Waals surface area contributed by atoms with Crippen LogP contribution in [0.15, 0.2) is 27.2 Å². The molecule has 0 bridgehead atoms. The standard InChI is InChI=1S/C17H21ClN6/c1-10-8-13(18)9-14-15(10)21-16(23-6-4-19-5-7-23)17-20-11(2)12(3)22-24(14)17/h8-9,11,19H,4-7H2,1-3H3. The fourth-order valence-corrected chi connectivity index (χ4v) is 3.48. The number of nitrogens with zero attached hydrogens (tertiary/aromatic N) is 5. The number of amidine groups is 2. The second-order valence-corrected chi connectivity index (χ2v) is 6.88. The predicted octanol–water partition coefficient (Wildman–Crippen LogP) is 2.58. The van der Waals surface area contributed by atoms with Gasteiger partial charge in [0, 0.05) is 31.2 Å². The number of halogens is 1. The zero-order chi connectivity index (χ0) is 16.8. The van der Waals surface area contributed by atoms with Crippen LogP contribution in [0.1, 0.15) is 19.4 Å². The van der Waals surface area contributed by atoms with Gasteiger partial charge in [0.1, 0.15) is 0 Å². The maximum atomic E-state index is 6.28. The summed E-state index contributed by atoms with van der Waals surface area (Å²) in [4.78, 5) is 12.1. The molecule has 1 atom stereocenters. The van der Waals surface area contributed by atoms with Gasteiger partial charge in [0.25, 0.3) is 0 Å². The number of aryl methyl sites for hydroxylation is 1. The minimum Gasteiger partial charge on any atom is -0.351 e. The molecule has 3 aliphatic heterocycles. The molecule has 126 valence electrons. The maximum Gasteiger partial charge on any atom is 0.193 e. The van der Waals surface area contributed by atoms with Gasteiger partial charge < -0.3 is 10.2 Å². The van der Waals surface area contributed by atoms with Crippen molar-refractivity contribution in [2.45, 2.75) is 26.8 Å². The number of benzene rings is 1. The smallest absolute Gasteiger partial charge is 0.193 e. The highest BCUT2D eigenvalue weighted by molar-refractivity contribution is 6.48.